The van der Waals surface area contributed by atoms with Crippen molar-refractivity contribution in [1.82, 2.24) is 10.2 Å². The standard InChI is InChI=1S/C13H21N5OS/c1-3-9-10(4-2)16-17-13(11(9)12(14)15)18-5-7-20(19)8-6-18/h3-8H2,1-2H3,(H3,14,15). The highest BCUT2D eigenvalue weighted by molar-refractivity contribution is 7.85. The third-order valence-electron chi connectivity index (χ3n) is 3.57. The van der Waals surface area contributed by atoms with E-state index in [-0.39, 0.29) is 5.84 Å². The second-order valence-electron chi connectivity index (χ2n) is 4.78. The minimum Gasteiger partial charge on any atom is -0.384 e. The van der Waals surface area contributed by atoms with Crippen LogP contribution in [0.2, 0.25) is 0 Å². The van der Waals surface area contributed by atoms with E-state index in [1.54, 1.807) is 0 Å². The van der Waals surface area contributed by atoms with Crippen molar-refractivity contribution in [2.24, 2.45) is 5.73 Å². The molecule has 7 heteroatoms. The Labute approximate surface area is 121 Å². The van der Waals surface area contributed by atoms with Crippen molar-refractivity contribution in [2.75, 3.05) is 29.5 Å². The second kappa shape index (κ2) is 6.30. The average molecular weight is 295 g/mol. The Morgan fingerprint density at radius 3 is 2.45 bits per heavy atom. The largest absolute Gasteiger partial charge is 0.384 e. The van der Waals surface area contributed by atoms with E-state index in [4.69, 9.17) is 11.1 Å². The fraction of sp³-hybridized carbons (Fsp3) is 0.615. The fourth-order valence-electron chi connectivity index (χ4n) is 2.52. The molecule has 0 spiro atoms. The molecule has 110 valence electrons. The topological polar surface area (TPSA) is 96.0 Å². The van der Waals surface area contributed by atoms with Crippen molar-refractivity contribution in [3.8, 4) is 0 Å². The Morgan fingerprint density at radius 1 is 1.30 bits per heavy atom. The Bertz CT molecular complexity index is 536. The van der Waals surface area contributed by atoms with Gasteiger partial charge in [-0.15, -0.1) is 5.10 Å². The van der Waals surface area contributed by atoms with Gasteiger partial charge >= 0.3 is 0 Å². The van der Waals surface area contributed by atoms with Crippen molar-refractivity contribution < 1.29 is 4.21 Å². The van der Waals surface area contributed by atoms with Gasteiger partial charge in [0.2, 0.25) is 0 Å². The molecule has 20 heavy (non-hydrogen) atoms. The number of amidine groups is 1. The van der Waals surface area contributed by atoms with Gasteiger partial charge in [0.05, 0.1) is 11.3 Å². The number of anilines is 1. The summed E-state index contributed by atoms with van der Waals surface area (Å²) in [6.07, 6.45) is 1.56. The summed E-state index contributed by atoms with van der Waals surface area (Å²) in [4.78, 5) is 2.05. The van der Waals surface area contributed by atoms with E-state index in [9.17, 15) is 4.21 Å². The molecule has 1 aliphatic heterocycles. The van der Waals surface area contributed by atoms with Gasteiger partial charge in [0.25, 0.3) is 0 Å². The van der Waals surface area contributed by atoms with Crippen LogP contribution in [0.5, 0.6) is 0 Å². The van der Waals surface area contributed by atoms with Crippen LogP contribution in [0.1, 0.15) is 30.7 Å². The van der Waals surface area contributed by atoms with Crippen LogP contribution >= 0.6 is 0 Å². The maximum atomic E-state index is 11.5. The van der Waals surface area contributed by atoms with Gasteiger partial charge in [0.1, 0.15) is 5.84 Å². The Hall–Kier alpha value is -1.50. The number of nitrogen functional groups attached to an aromatic ring is 1. The van der Waals surface area contributed by atoms with Crippen LogP contribution < -0.4 is 10.6 Å². The molecule has 1 aromatic rings. The van der Waals surface area contributed by atoms with Gasteiger partial charge in [-0.2, -0.15) is 5.10 Å². The minimum absolute atomic E-state index is 0.0353. The van der Waals surface area contributed by atoms with Crippen LogP contribution in [-0.4, -0.2) is 44.8 Å². The molecule has 3 N–H and O–H groups in total. The number of aryl methyl sites for hydroxylation is 1. The zero-order valence-corrected chi connectivity index (χ0v) is 12.8. The van der Waals surface area contributed by atoms with Crippen LogP contribution in [0, 0.1) is 5.41 Å². The number of hydrogen-bond acceptors (Lipinski definition) is 5. The summed E-state index contributed by atoms with van der Waals surface area (Å²) in [6.45, 7) is 5.42. The lowest BCUT2D eigenvalue weighted by Gasteiger charge is -2.29. The summed E-state index contributed by atoms with van der Waals surface area (Å²) in [7, 11) is -0.740. The van der Waals surface area contributed by atoms with E-state index in [0.29, 0.717) is 36.0 Å². The number of rotatable bonds is 4. The van der Waals surface area contributed by atoms with Crippen molar-refractivity contribution in [2.45, 2.75) is 26.7 Å². The lowest BCUT2D eigenvalue weighted by molar-refractivity contribution is 0.671. The van der Waals surface area contributed by atoms with Gasteiger partial charge in [-0.25, -0.2) is 0 Å². The first-order chi connectivity index (χ1) is 9.58. The van der Waals surface area contributed by atoms with E-state index in [0.717, 1.165) is 24.1 Å². The quantitative estimate of drug-likeness (QED) is 0.621. The van der Waals surface area contributed by atoms with E-state index in [1.165, 1.54) is 0 Å². The molecule has 2 rings (SSSR count). The summed E-state index contributed by atoms with van der Waals surface area (Å²) >= 11 is 0. The number of hydrogen-bond donors (Lipinski definition) is 2. The molecular formula is C13H21N5OS. The zero-order chi connectivity index (χ0) is 14.7. The van der Waals surface area contributed by atoms with Crippen LogP contribution in [0.3, 0.4) is 0 Å². The third kappa shape index (κ3) is 2.82. The van der Waals surface area contributed by atoms with Gasteiger partial charge in [-0.05, 0) is 18.4 Å². The SMILES string of the molecule is CCc1nnc(N2CCS(=O)CC2)c(C(=N)N)c1CC. The van der Waals surface area contributed by atoms with E-state index < -0.39 is 10.8 Å². The van der Waals surface area contributed by atoms with Gasteiger partial charge in [-0.3, -0.25) is 9.62 Å². The predicted octanol–water partition coefficient (Wildman–Crippen LogP) is 0.454. The van der Waals surface area contributed by atoms with E-state index >= 15 is 0 Å². The third-order valence-corrected chi connectivity index (χ3v) is 4.85. The zero-order valence-electron chi connectivity index (χ0n) is 12.0. The summed E-state index contributed by atoms with van der Waals surface area (Å²) < 4.78 is 11.5. The summed E-state index contributed by atoms with van der Waals surface area (Å²) in [6, 6.07) is 0. The lowest BCUT2D eigenvalue weighted by atomic mass is 10.0. The minimum atomic E-state index is -0.740. The maximum Gasteiger partial charge on any atom is 0.162 e. The molecule has 1 aromatic heterocycles. The van der Waals surface area contributed by atoms with E-state index in [1.807, 2.05) is 18.7 Å². The van der Waals surface area contributed by atoms with Crippen LogP contribution in [0.15, 0.2) is 0 Å². The molecule has 0 radical (unpaired) electrons. The first-order valence-electron chi connectivity index (χ1n) is 6.91. The molecule has 0 aromatic carbocycles. The van der Waals surface area contributed by atoms with Crippen LogP contribution in [0.25, 0.3) is 0 Å². The maximum absolute atomic E-state index is 11.5. The molecule has 6 nitrogen and oxygen atoms in total. The van der Waals surface area contributed by atoms with Crippen LogP contribution in [-0.2, 0) is 23.6 Å². The predicted molar refractivity (Wildman–Crippen MR) is 81.9 cm³/mol. The molecule has 2 heterocycles. The molecule has 1 fully saturated rings. The van der Waals surface area contributed by atoms with Gasteiger partial charge in [0.15, 0.2) is 5.82 Å². The molecule has 1 saturated heterocycles. The number of nitrogens with zero attached hydrogens (tertiary/aromatic N) is 3. The Morgan fingerprint density at radius 2 is 1.95 bits per heavy atom. The smallest absolute Gasteiger partial charge is 0.162 e. The highest BCUT2D eigenvalue weighted by Crippen LogP contribution is 2.24. The summed E-state index contributed by atoms with van der Waals surface area (Å²) in [5.74, 6) is 1.97. The number of aromatic nitrogens is 2. The van der Waals surface area contributed by atoms with Crippen LogP contribution in [0.4, 0.5) is 5.82 Å². The van der Waals surface area contributed by atoms with Crippen molar-refractivity contribution in [3.63, 3.8) is 0 Å². The molecule has 1 aliphatic rings. The summed E-state index contributed by atoms with van der Waals surface area (Å²) in [5, 5.41) is 16.4. The van der Waals surface area contributed by atoms with Gasteiger partial charge < -0.3 is 10.6 Å². The average Bonchev–Trinajstić information content (AvgIpc) is 2.46. The molecule has 0 amide bonds. The molecule has 0 atom stereocenters. The molecule has 0 aliphatic carbocycles. The molecule has 0 bridgehead atoms. The summed E-state index contributed by atoms with van der Waals surface area (Å²) in [5.41, 5.74) is 8.39. The molecule has 0 saturated carbocycles. The fourth-order valence-corrected chi connectivity index (χ4v) is 3.57. The first kappa shape index (κ1) is 14.9. The number of nitrogens with two attached hydrogens (primary N) is 1. The highest BCUT2D eigenvalue weighted by Gasteiger charge is 2.24. The van der Waals surface area contributed by atoms with Crippen molar-refractivity contribution in [1.29, 1.82) is 5.41 Å². The lowest BCUT2D eigenvalue weighted by Crippen LogP contribution is -2.40. The number of nitrogens with one attached hydrogen (secondary N) is 1. The van der Waals surface area contributed by atoms with Gasteiger partial charge in [-0.1, -0.05) is 13.8 Å². The van der Waals surface area contributed by atoms with Crippen molar-refractivity contribution >= 4 is 22.5 Å². The second-order valence-corrected chi connectivity index (χ2v) is 6.48. The normalized spacial score (nSPS) is 16.4. The Kier molecular flexibility index (Phi) is 4.69. The van der Waals surface area contributed by atoms with E-state index in [2.05, 4.69) is 10.2 Å². The Balaban J connectivity index is 2.47. The first-order valence-corrected chi connectivity index (χ1v) is 8.40. The van der Waals surface area contributed by atoms with Crippen molar-refractivity contribution in [3.05, 3.63) is 16.8 Å². The molecular weight excluding hydrogens is 274 g/mol. The highest BCUT2D eigenvalue weighted by atomic mass is 32.2. The molecule has 0 unspecified atom stereocenters. The monoisotopic (exact) mass is 295 g/mol. The van der Waals surface area contributed by atoms with Gasteiger partial charge in [0, 0.05) is 35.4 Å².